The third-order valence-corrected chi connectivity index (χ3v) is 8.07. The van der Waals surface area contributed by atoms with Gasteiger partial charge in [-0.3, -0.25) is 4.79 Å². The summed E-state index contributed by atoms with van der Waals surface area (Å²) in [6.07, 6.45) is 3.33. The summed E-state index contributed by atoms with van der Waals surface area (Å²) >= 11 is 6.30. The molecule has 1 aromatic heterocycles. The van der Waals surface area contributed by atoms with E-state index in [1.165, 1.54) is 8.99 Å². The molecule has 0 saturated carbocycles. The number of piperazine rings is 1. The topological polar surface area (TPSA) is 84.7 Å². The second-order valence-corrected chi connectivity index (χ2v) is 10.7. The van der Waals surface area contributed by atoms with Gasteiger partial charge in [-0.2, -0.15) is 14.1 Å². The molecule has 35 heavy (non-hydrogen) atoms. The first kappa shape index (κ1) is 25.2. The number of halogens is 1. The van der Waals surface area contributed by atoms with E-state index in [0.29, 0.717) is 49.2 Å². The van der Waals surface area contributed by atoms with Crippen LogP contribution in [0.1, 0.15) is 25.3 Å². The van der Waals surface area contributed by atoms with E-state index in [1.807, 2.05) is 42.2 Å². The molecule has 0 atom stereocenters. The summed E-state index contributed by atoms with van der Waals surface area (Å²) in [7, 11) is -3.45. The molecular formula is C25H29ClN4O4S. The molecule has 0 aliphatic carbocycles. The van der Waals surface area contributed by atoms with Crippen molar-refractivity contribution in [3.05, 3.63) is 81.7 Å². The van der Waals surface area contributed by atoms with Gasteiger partial charge in [-0.25, -0.2) is 8.42 Å². The molecule has 2 heterocycles. The van der Waals surface area contributed by atoms with E-state index in [0.717, 1.165) is 18.4 Å². The minimum atomic E-state index is -3.45. The van der Waals surface area contributed by atoms with Gasteiger partial charge in [-0.1, -0.05) is 67.4 Å². The molecule has 4 rings (SSSR count). The number of benzene rings is 2. The van der Waals surface area contributed by atoms with Gasteiger partial charge in [-0.05, 0) is 24.1 Å². The van der Waals surface area contributed by atoms with Crippen LogP contribution in [0.15, 0.2) is 65.6 Å². The molecule has 8 nitrogen and oxygen atoms in total. The van der Waals surface area contributed by atoms with E-state index in [4.69, 9.17) is 16.3 Å². The fourth-order valence-electron chi connectivity index (χ4n) is 3.99. The first-order valence-corrected chi connectivity index (χ1v) is 13.7. The van der Waals surface area contributed by atoms with Crippen molar-refractivity contribution in [2.75, 3.05) is 37.7 Å². The van der Waals surface area contributed by atoms with Gasteiger partial charge in [-0.15, -0.1) is 0 Å². The Bertz CT molecular complexity index is 1310. The SMILES string of the molecule is CCCCOc1c(N2CCN(S(=O)(=O)Cc3ccccc3)CC2)cnn(-c2ccccc2Cl)c1=O. The zero-order valence-electron chi connectivity index (χ0n) is 19.6. The molecule has 0 radical (unpaired) electrons. The molecule has 2 aromatic carbocycles. The van der Waals surface area contributed by atoms with Crippen molar-refractivity contribution < 1.29 is 13.2 Å². The van der Waals surface area contributed by atoms with Crippen molar-refractivity contribution in [2.24, 2.45) is 0 Å². The lowest BCUT2D eigenvalue weighted by Crippen LogP contribution is -2.49. The highest BCUT2D eigenvalue weighted by Gasteiger charge is 2.29. The van der Waals surface area contributed by atoms with Gasteiger partial charge in [0.05, 0.1) is 29.3 Å². The summed E-state index contributed by atoms with van der Waals surface area (Å²) in [4.78, 5) is 15.3. The van der Waals surface area contributed by atoms with Gasteiger partial charge in [0.15, 0.2) is 0 Å². The number of sulfonamides is 1. The monoisotopic (exact) mass is 516 g/mol. The maximum absolute atomic E-state index is 13.4. The molecule has 0 spiro atoms. The van der Waals surface area contributed by atoms with Crippen LogP contribution in [0.25, 0.3) is 5.69 Å². The van der Waals surface area contributed by atoms with Crippen LogP contribution in [0.5, 0.6) is 5.75 Å². The standard InChI is InChI=1S/C25H29ClN4O4S/c1-2-3-17-34-24-23(18-27-30(25(24)31)22-12-8-7-11-21(22)26)28-13-15-29(16-14-28)35(32,33)19-20-9-5-4-6-10-20/h4-12,18H,2-3,13-17,19H2,1H3. The maximum atomic E-state index is 13.4. The molecule has 1 aliphatic rings. The van der Waals surface area contributed by atoms with Gasteiger partial charge in [0.1, 0.15) is 5.69 Å². The number of anilines is 1. The molecule has 1 fully saturated rings. The summed E-state index contributed by atoms with van der Waals surface area (Å²) in [5.41, 5.74) is 1.40. The molecule has 10 heteroatoms. The number of nitrogens with zero attached hydrogens (tertiary/aromatic N) is 4. The second kappa shape index (κ2) is 11.2. The van der Waals surface area contributed by atoms with Crippen molar-refractivity contribution in [1.82, 2.24) is 14.1 Å². The van der Waals surface area contributed by atoms with Crippen LogP contribution < -0.4 is 15.2 Å². The molecule has 186 valence electrons. The highest BCUT2D eigenvalue weighted by molar-refractivity contribution is 7.88. The molecule has 0 bridgehead atoms. The Hall–Kier alpha value is -2.88. The van der Waals surface area contributed by atoms with Crippen LogP contribution in [0.2, 0.25) is 5.02 Å². The molecule has 0 N–H and O–H groups in total. The van der Waals surface area contributed by atoms with E-state index >= 15 is 0 Å². The van der Waals surface area contributed by atoms with Crippen molar-refractivity contribution in [2.45, 2.75) is 25.5 Å². The predicted octanol–water partition coefficient (Wildman–Crippen LogP) is 3.72. The van der Waals surface area contributed by atoms with E-state index in [-0.39, 0.29) is 11.5 Å². The van der Waals surface area contributed by atoms with Crippen LogP contribution in [0.3, 0.4) is 0 Å². The van der Waals surface area contributed by atoms with E-state index in [2.05, 4.69) is 5.10 Å². The zero-order chi connectivity index (χ0) is 24.8. The minimum absolute atomic E-state index is 0.0331. The van der Waals surface area contributed by atoms with Gasteiger partial charge in [0.25, 0.3) is 0 Å². The number of aromatic nitrogens is 2. The quantitative estimate of drug-likeness (QED) is 0.403. The Balaban J connectivity index is 1.56. The van der Waals surface area contributed by atoms with Crippen LogP contribution in [-0.4, -0.2) is 55.3 Å². The molecule has 0 unspecified atom stereocenters. The first-order chi connectivity index (χ1) is 16.9. The normalized spacial score (nSPS) is 14.7. The first-order valence-electron chi connectivity index (χ1n) is 11.7. The summed E-state index contributed by atoms with van der Waals surface area (Å²) < 4.78 is 34.6. The minimum Gasteiger partial charge on any atom is -0.486 e. The summed E-state index contributed by atoms with van der Waals surface area (Å²) in [6, 6.07) is 16.2. The van der Waals surface area contributed by atoms with Crippen molar-refractivity contribution >= 4 is 27.3 Å². The Morgan fingerprint density at radius 3 is 2.34 bits per heavy atom. The van der Waals surface area contributed by atoms with Crippen molar-refractivity contribution in [3.63, 3.8) is 0 Å². The van der Waals surface area contributed by atoms with Gasteiger partial charge >= 0.3 is 5.56 Å². The maximum Gasteiger partial charge on any atom is 0.316 e. The van der Waals surface area contributed by atoms with Crippen molar-refractivity contribution in [1.29, 1.82) is 0 Å². The van der Waals surface area contributed by atoms with Crippen LogP contribution in [0.4, 0.5) is 5.69 Å². The largest absolute Gasteiger partial charge is 0.486 e. The lowest BCUT2D eigenvalue weighted by atomic mass is 10.2. The van der Waals surface area contributed by atoms with E-state index in [9.17, 15) is 13.2 Å². The second-order valence-electron chi connectivity index (χ2n) is 8.36. The average molecular weight is 517 g/mol. The number of rotatable bonds is 9. The third kappa shape index (κ3) is 5.86. The fraction of sp³-hybridized carbons (Fsp3) is 0.360. The molecule has 1 saturated heterocycles. The van der Waals surface area contributed by atoms with E-state index < -0.39 is 15.6 Å². The number of hydrogen-bond donors (Lipinski definition) is 0. The predicted molar refractivity (Wildman–Crippen MR) is 138 cm³/mol. The Morgan fingerprint density at radius 2 is 1.66 bits per heavy atom. The van der Waals surface area contributed by atoms with Gasteiger partial charge < -0.3 is 9.64 Å². The highest BCUT2D eigenvalue weighted by Crippen LogP contribution is 2.27. The Kier molecular flexibility index (Phi) is 8.10. The molecule has 0 amide bonds. The summed E-state index contributed by atoms with van der Waals surface area (Å²) in [6.45, 7) is 3.93. The summed E-state index contributed by atoms with van der Waals surface area (Å²) in [5, 5.41) is 4.77. The zero-order valence-corrected chi connectivity index (χ0v) is 21.2. The van der Waals surface area contributed by atoms with Crippen molar-refractivity contribution in [3.8, 4) is 11.4 Å². The van der Waals surface area contributed by atoms with Crippen LogP contribution in [0, 0.1) is 0 Å². The number of para-hydroxylation sites is 1. The molecular weight excluding hydrogens is 488 g/mol. The fourth-order valence-corrected chi connectivity index (χ4v) is 5.72. The van der Waals surface area contributed by atoms with Crippen LogP contribution >= 0.6 is 11.6 Å². The number of hydrogen-bond acceptors (Lipinski definition) is 6. The lowest BCUT2D eigenvalue weighted by molar-refractivity contribution is 0.301. The third-order valence-electron chi connectivity index (χ3n) is 5.90. The number of ether oxygens (including phenoxy) is 1. The van der Waals surface area contributed by atoms with Gasteiger partial charge in [0.2, 0.25) is 15.8 Å². The van der Waals surface area contributed by atoms with Crippen LogP contribution in [-0.2, 0) is 15.8 Å². The Morgan fingerprint density at radius 1 is 0.971 bits per heavy atom. The average Bonchev–Trinajstić information content (AvgIpc) is 2.86. The Labute approximate surface area is 210 Å². The highest BCUT2D eigenvalue weighted by atomic mass is 35.5. The van der Waals surface area contributed by atoms with Gasteiger partial charge in [0, 0.05) is 26.2 Å². The molecule has 1 aliphatic heterocycles. The smallest absolute Gasteiger partial charge is 0.316 e. The molecule has 3 aromatic rings. The number of unbranched alkanes of at least 4 members (excludes halogenated alkanes) is 1. The lowest BCUT2D eigenvalue weighted by Gasteiger charge is -2.35. The summed E-state index contributed by atoms with van der Waals surface area (Å²) in [5.74, 6) is 0.170. The van der Waals surface area contributed by atoms with E-state index in [1.54, 1.807) is 30.5 Å².